The lowest BCUT2D eigenvalue weighted by atomic mass is 9.85. The summed E-state index contributed by atoms with van der Waals surface area (Å²) in [5.74, 6) is -1.75. The predicted molar refractivity (Wildman–Crippen MR) is 178 cm³/mol. The monoisotopic (exact) mass is 720 g/mol. The smallest absolute Gasteiger partial charge is 0.370 e. The van der Waals surface area contributed by atoms with Gasteiger partial charge in [0.1, 0.15) is 18.2 Å². The largest absolute Gasteiger partial charge is 0.399 e. The minimum absolute atomic E-state index is 0.0179. The van der Waals surface area contributed by atoms with Crippen LogP contribution in [0.3, 0.4) is 0 Å². The number of hydrogen-bond acceptors (Lipinski definition) is 7. The number of fused-ring (bicyclic) bond motifs is 1. The molecular weight excluding hydrogens is 681 g/mol. The van der Waals surface area contributed by atoms with E-state index < -0.39 is 48.1 Å². The molecule has 3 unspecified atom stereocenters. The molecule has 3 heterocycles. The summed E-state index contributed by atoms with van der Waals surface area (Å²) in [6, 6.07) is 11.7. The van der Waals surface area contributed by atoms with Crippen molar-refractivity contribution in [1.29, 1.82) is 0 Å². The molecule has 2 aliphatic rings. The van der Waals surface area contributed by atoms with Gasteiger partial charge in [0.05, 0.1) is 24.6 Å². The first kappa shape index (κ1) is 36.5. The van der Waals surface area contributed by atoms with Crippen LogP contribution in [0.1, 0.15) is 54.6 Å². The van der Waals surface area contributed by atoms with Crippen molar-refractivity contribution in [3.05, 3.63) is 70.6 Å². The number of carbonyl (C=O) groups excluding carboxylic acids is 4. The van der Waals surface area contributed by atoms with Gasteiger partial charge in [0, 0.05) is 36.8 Å². The summed E-state index contributed by atoms with van der Waals surface area (Å²) in [7, 11) is -5.80. The minimum Gasteiger partial charge on any atom is -0.370 e. The van der Waals surface area contributed by atoms with Crippen molar-refractivity contribution in [2.24, 2.45) is 5.41 Å². The number of thiophene rings is 1. The molecular formula is C33H39F2N4O8PS. The fourth-order valence-electron chi connectivity index (χ4n) is 6.00. The van der Waals surface area contributed by atoms with Gasteiger partial charge in [0.15, 0.2) is 0 Å². The molecule has 2 fully saturated rings. The second-order valence-corrected chi connectivity index (χ2v) is 16.0. The molecule has 3 aromatic rings. The number of nitrogens with zero attached hydrogens (tertiary/aromatic N) is 3. The Balaban J connectivity index is 1.39. The Morgan fingerprint density at radius 3 is 2.31 bits per heavy atom. The number of nitrogens with one attached hydrogen (secondary N) is 1. The van der Waals surface area contributed by atoms with Crippen molar-refractivity contribution in [3.8, 4) is 0 Å². The summed E-state index contributed by atoms with van der Waals surface area (Å²) in [5.41, 5.74) is -5.24. The number of ether oxygens (including phenoxy) is 1. The Morgan fingerprint density at radius 2 is 1.67 bits per heavy atom. The van der Waals surface area contributed by atoms with E-state index in [1.54, 1.807) is 25.7 Å². The fourth-order valence-corrected chi connectivity index (χ4v) is 7.42. The van der Waals surface area contributed by atoms with Gasteiger partial charge < -0.3 is 34.5 Å². The van der Waals surface area contributed by atoms with Crippen LogP contribution >= 0.6 is 18.9 Å². The SMILES string of the molecule is CC(=O)N1CCN(C(=O)C(NC(=O)c2cc3cc(C(F)(F)P(=O)(O)O)ccc3s2)C(C)(C)C)C(C(=O)N2CCOC(c3ccccc3)C2)C1. The van der Waals surface area contributed by atoms with Gasteiger partial charge in [0.2, 0.25) is 17.7 Å². The van der Waals surface area contributed by atoms with Gasteiger partial charge in [0.25, 0.3) is 5.91 Å². The van der Waals surface area contributed by atoms with E-state index in [-0.39, 0.29) is 61.0 Å². The van der Waals surface area contributed by atoms with Crippen LogP contribution in [0, 0.1) is 5.41 Å². The van der Waals surface area contributed by atoms with Crippen molar-refractivity contribution < 1.29 is 47.0 Å². The molecule has 264 valence electrons. The molecule has 3 atom stereocenters. The first-order chi connectivity index (χ1) is 22.9. The number of benzene rings is 2. The molecule has 12 nitrogen and oxygen atoms in total. The highest BCUT2D eigenvalue weighted by Gasteiger charge is 2.50. The number of piperazine rings is 1. The summed E-state index contributed by atoms with van der Waals surface area (Å²) < 4.78 is 46.5. The molecule has 0 radical (unpaired) electrons. The number of halogens is 2. The maximum Gasteiger partial charge on any atom is 0.399 e. The molecule has 1 aromatic heterocycles. The Morgan fingerprint density at radius 1 is 0.980 bits per heavy atom. The van der Waals surface area contributed by atoms with Crippen molar-refractivity contribution >= 4 is 52.6 Å². The highest BCUT2D eigenvalue weighted by molar-refractivity contribution is 7.52. The Kier molecular flexibility index (Phi) is 10.3. The van der Waals surface area contributed by atoms with Gasteiger partial charge in [-0.15, -0.1) is 11.3 Å². The summed E-state index contributed by atoms with van der Waals surface area (Å²) in [6.07, 6.45) is -0.363. The average Bonchev–Trinajstić information content (AvgIpc) is 3.49. The average molecular weight is 721 g/mol. The van der Waals surface area contributed by atoms with E-state index >= 15 is 0 Å². The zero-order valence-corrected chi connectivity index (χ0v) is 29.2. The predicted octanol–water partition coefficient (Wildman–Crippen LogP) is 3.93. The van der Waals surface area contributed by atoms with Gasteiger partial charge in [-0.05, 0) is 34.6 Å². The topological polar surface area (TPSA) is 157 Å². The molecule has 2 saturated heterocycles. The van der Waals surface area contributed by atoms with Gasteiger partial charge >= 0.3 is 13.3 Å². The van der Waals surface area contributed by atoms with Crippen LogP contribution in [0.2, 0.25) is 0 Å². The summed E-state index contributed by atoms with van der Waals surface area (Å²) in [6.45, 7) is 7.76. The molecule has 0 bridgehead atoms. The third-order valence-electron chi connectivity index (χ3n) is 8.78. The molecule has 0 aliphatic carbocycles. The van der Waals surface area contributed by atoms with Crippen molar-refractivity contribution in [2.75, 3.05) is 39.3 Å². The summed E-state index contributed by atoms with van der Waals surface area (Å²) in [5, 5.41) is 2.96. The lowest BCUT2D eigenvalue weighted by Crippen LogP contribution is -2.66. The number of alkyl halides is 2. The lowest BCUT2D eigenvalue weighted by Gasteiger charge is -2.45. The van der Waals surface area contributed by atoms with Gasteiger partial charge in [-0.1, -0.05) is 57.2 Å². The number of rotatable bonds is 7. The quantitative estimate of drug-likeness (QED) is 0.310. The van der Waals surface area contributed by atoms with E-state index in [1.165, 1.54) is 28.9 Å². The fraction of sp³-hybridized carbons (Fsp3) is 0.455. The maximum atomic E-state index is 14.4. The molecule has 49 heavy (non-hydrogen) atoms. The third-order valence-corrected chi connectivity index (χ3v) is 10.9. The highest BCUT2D eigenvalue weighted by Crippen LogP contribution is 2.59. The van der Waals surface area contributed by atoms with Crippen LogP contribution in [0.4, 0.5) is 8.78 Å². The normalized spacial score (nSPS) is 19.9. The van der Waals surface area contributed by atoms with E-state index in [4.69, 9.17) is 14.5 Å². The standard InChI is InChI=1S/C33H39F2N4O8PS/c1-20(40)37-12-13-39(24(18-37)30(42)38-14-15-47-25(19-38)21-8-6-5-7-9-21)31(43)28(32(2,3)4)36-29(41)27-17-22-16-23(10-11-26(22)49-27)33(34,35)48(44,45)46/h5-11,16-17,24-25,28H,12-15,18-19H2,1-4H3,(H,36,41)(H2,44,45,46). The third kappa shape index (κ3) is 7.71. The van der Waals surface area contributed by atoms with E-state index in [0.717, 1.165) is 29.0 Å². The van der Waals surface area contributed by atoms with E-state index in [0.29, 0.717) is 11.2 Å². The van der Waals surface area contributed by atoms with Crippen LogP contribution in [-0.2, 0) is 29.3 Å². The second kappa shape index (κ2) is 13.9. The zero-order chi connectivity index (χ0) is 35.9. The molecule has 0 spiro atoms. The van der Waals surface area contributed by atoms with Crippen molar-refractivity contribution in [3.63, 3.8) is 0 Å². The van der Waals surface area contributed by atoms with E-state index in [2.05, 4.69) is 5.32 Å². The number of amides is 4. The summed E-state index contributed by atoms with van der Waals surface area (Å²) >= 11 is 0.965. The van der Waals surface area contributed by atoms with Crippen LogP contribution < -0.4 is 5.32 Å². The van der Waals surface area contributed by atoms with Crippen LogP contribution in [0.15, 0.2) is 54.6 Å². The first-order valence-electron chi connectivity index (χ1n) is 15.7. The molecule has 2 aromatic carbocycles. The molecule has 16 heteroatoms. The molecule has 2 aliphatic heterocycles. The molecule has 4 amide bonds. The lowest BCUT2D eigenvalue weighted by molar-refractivity contribution is -0.158. The van der Waals surface area contributed by atoms with Gasteiger partial charge in [-0.3, -0.25) is 23.7 Å². The van der Waals surface area contributed by atoms with Crippen LogP contribution in [0.5, 0.6) is 0 Å². The number of hydrogen-bond donors (Lipinski definition) is 3. The van der Waals surface area contributed by atoms with E-state index in [9.17, 15) is 32.5 Å². The summed E-state index contributed by atoms with van der Waals surface area (Å²) in [4.78, 5) is 77.4. The van der Waals surface area contributed by atoms with Crippen LogP contribution in [0.25, 0.3) is 10.1 Å². The molecule has 0 saturated carbocycles. The zero-order valence-electron chi connectivity index (χ0n) is 27.5. The van der Waals surface area contributed by atoms with Crippen molar-refractivity contribution in [2.45, 2.75) is 51.5 Å². The highest BCUT2D eigenvalue weighted by atomic mass is 32.1. The Bertz CT molecular complexity index is 1790. The Labute approximate surface area is 286 Å². The van der Waals surface area contributed by atoms with Crippen molar-refractivity contribution in [1.82, 2.24) is 20.0 Å². The first-order valence-corrected chi connectivity index (χ1v) is 18.1. The maximum absolute atomic E-state index is 14.4. The van der Waals surface area contributed by atoms with E-state index in [1.807, 2.05) is 30.3 Å². The van der Waals surface area contributed by atoms with Gasteiger partial charge in [-0.25, -0.2) is 0 Å². The molecule has 5 rings (SSSR count). The van der Waals surface area contributed by atoms with Gasteiger partial charge in [-0.2, -0.15) is 8.78 Å². The minimum atomic E-state index is -5.80. The molecule has 3 N–H and O–H groups in total. The van der Waals surface area contributed by atoms with Crippen LogP contribution in [-0.4, -0.2) is 99.5 Å². The second-order valence-electron chi connectivity index (χ2n) is 13.3. The number of carbonyl (C=O) groups is 4. The Hall–Kier alpha value is -3.75. The number of morpholine rings is 1.